The molecule has 2 fully saturated rings. The van der Waals surface area contributed by atoms with Crippen LogP contribution in [-0.2, 0) is 19.0 Å². The van der Waals surface area contributed by atoms with Gasteiger partial charge in [-0.1, -0.05) is 32.1 Å². The van der Waals surface area contributed by atoms with Crippen molar-refractivity contribution in [2.45, 2.75) is 69.8 Å². The van der Waals surface area contributed by atoms with Gasteiger partial charge in [-0.05, 0) is 38.0 Å². The summed E-state index contributed by atoms with van der Waals surface area (Å²) < 4.78 is 15.8. The average Bonchev–Trinajstić information content (AvgIpc) is 3.30. The molecule has 4 heteroatoms. The minimum Gasteiger partial charge on any atom is -0.467 e. The molecule has 0 amide bonds. The second kappa shape index (κ2) is 8.74. The highest BCUT2D eigenvalue weighted by Gasteiger charge is 2.52. The summed E-state index contributed by atoms with van der Waals surface area (Å²) in [6, 6.07) is 0. The highest BCUT2D eigenvalue weighted by atomic mass is 16.6. The van der Waals surface area contributed by atoms with E-state index >= 15 is 0 Å². The van der Waals surface area contributed by atoms with Gasteiger partial charge in [0.05, 0.1) is 13.7 Å². The maximum atomic E-state index is 11.5. The molecule has 0 aromatic heterocycles. The predicted octanol–water partition coefficient (Wildman–Crippen LogP) is 3.48. The van der Waals surface area contributed by atoms with Gasteiger partial charge in [-0.3, -0.25) is 0 Å². The Morgan fingerprint density at radius 1 is 1.14 bits per heavy atom. The van der Waals surface area contributed by atoms with Crippen LogP contribution in [0.25, 0.3) is 0 Å². The maximum Gasteiger partial charge on any atom is 0.340 e. The van der Waals surface area contributed by atoms with Crippen molar-refractivity contribution in [2.75, 3.05) is 26.9 Å². The summed E-state index contributed by atoms with van der Waals surface area (Å²) in [5.74, 6) is 0.571. The van der Waals surface area contributed by atoms with Crippen molar-refractivity contribution >= 4 is 5.97 Å². The van der Waals surface area contributed by atoms with Gasteiger partial charge in [0, 0.05) is 13.2 Å². The number of hydrogen-bond acceptors (Lipinski definition) is 4. The van der Waals surface area contributed by atoms with Gasteiger partial charge in [0.25, 0.3) is 0 Å². The molecule has 0 radical (unpaired) electrons. The number of esters is 1. The zero-order valence-corrected chi connectivity index (χ0v) is 13.4. The SMILES string of the molecule is COC(=O)C1(CCCCCOCC2CCCCCC2)CO1. The monoisotopic (exact) mass is 298 g/mol. The third kappa shape index (κ3) is 5.59. The highest BCUT2D eigenvalue weighted by molar-refractivity contribution is 5.82. The van der Waals surface area contributed by atoms with Gasteiger partial charge in [0.15, 0.2) is 5.60 Å². The quantitative estimate of drug-likeness (QED) is 0.283. The van der Waals surface area contributed by atoms with E-state index in [1.54, 1.807) is 0 Å². The van der Waals surface area contributed by atoms with Gasteiger partial charge in [-0.2, -0.15) is 0 Å². The fourth-order valence-corrected chi connectivity index (χ4v) is 3.21. The minimum atomic E-state index is -0.601. The third-order valence-corrected chi connectivity index (χ3v) is 4.75. The average molecular weight is 298 g/mol. The van der Waals surface area contributed by atoms with Crippen LogP contribution in [0.1, 0.15) is 64.2 Å². The van der Waals surface area contributed by atoms with Crippen molar-refractivity contribution in [3.8, 4) is 0 Å². The van der Waals surface area contributed by atoms with Crippen molar-refractivity contribution < 1.29 is 19.0 Å². The van der Waals surface area contributed by atoms with E-state index in [0.717, 1.165) is 44.8 Å². The van der Waals surface area contributed by atoms with Crippen molar-refractivity contribution in [1.29, 1.82) is 0 Å². The number of methoxy groups -OCH3 is 1. The molecule has 122 valence electrons. The van der Waals surface area contributed by atoms with E-state index in [9.17, 15) is 4.79 Å². The van der Waals surface area contributed by atoms with Gasteiger partial charge in [0.1, 0.15) is 0 Å². The first-order valence-corrected chi connectivity index (χ1v) is 8.57. The molecule has 4 nitrogen and oxygen atoms in total. The summed E-state index contributed by atoms with van der Waals surface area (Å²) in [5.41, 5.74) is -0.601. The van der Waals surface area contributed by atoms with Crippen molar-refractivity contribution in [2.24, 2.45) is 5.92 Å². The van der Waals surface area contributed by atoms with Gasteiger partial charge in [-0.15, -0.1) is 0 Å². The number of ether oxygens (including phenoxy) is 3. The summed E-state index contributed by atoms with van der Waals surface area (Å²) in [6.07, 6.45) is 12.2. The molecule has 1 atom stereocenters. The lowest BCUT2D eigenvalue weighted by molar-refractivity contribution is -0.147. The van der Waals surface area contributed by atoms with Crippen LogP contribution in [0.5, 0.6) is 0 Å². The molecule has 21 heavy (non-hydrogen) atoms. The first-order chi connectivity index (χ1) is 10.3. The summed E-state index contributed by atoms with van der Waals surface area (Å²) >= 11 is 0. The Hall–Kier alpha value is -0.610. The molecule has 2 rings (SSSR count). The van der Waals surface area contributed by atoms with Gasteiger partial charge < -0.3 is 14.2 Å². The Morgan fingerprint density at radius 2 is 1.86 bits per heavy atom. The van der Waals surface area contributed by atoms with E-state index in [0.29, 0.717) is 6.61 Å². The van der Waals surface area contributed by atoms with Crippen LogP contribution >= 0.6 is 0 Å². The largest absolute Gasteiger partial charge is 0.467 e. The Morgan fingerprint density at radius 3 is 2.48 bits per heavy atom. The van der Waals surface area contributed by atoms with Crippen LogP contribution < -0.4 is 0 Å². The number of carbonyl (C=O) groups excluding carboxylic acids is 1. The van der Waals surface area contributed by atoms with Crippen molar-refractivity contribution in [1.82, 2.24) is 0 Å². The minimum absolute atomic E-state index is 0.216. The van der Waals surface area contributed by atoms with Crippen LogP contribution in [-0.4, -0.2) is 38.5 Å². The summed E-state index contributed by atoms with van der Waals surface area (Å²) in [4.78, 5) is 11.5. The maximum absolute atomic E-state index is 11.5. The van der Waals surface area contributed by atoms with Crippen LogP contribution in [0, 0.1) is 5.92 Å². The zero-order valence-electron chi connectivity index (χ0n) is 13.4. The topological polar surface area (TPSA) is 48.1 Å². The number of rotatable bonds is 9. The van der Waals surface area contributed by atoms with E-state index in [4.69, 9.17) is 14.2 Å². The Balaban J connectivity index is 1.44. The summed E-state index contributed by atoms with van der Waals surface area (Å²) in [6.45, 7) is 2.32. The van der Waals surface area contributed by atoms with Gasteiger partial charge in [0.2, 0.25) is 0 Å². The molecule has 1 heterocycles. The molecule has 1 unspecified atom stereocenters. The number of unbranched alkanes of at least 4 members (excludes halogenated alkanes) is 2. The second-order valence-corrected chi connectivity index (χ2v) is 6.52. The van der Waals surface area contributed by atoms with Crippen LogP contribution in [0.2, 0.25) is 0 Å². The zero-order chi connectivity index (χ0) is 15.0. The van der Waals surface area contributed by atoms with Crippen LogP contribution in [0.4, 0.5) is 0 Å². The van der Waals surface area contributed by atoms with Crippen LogP contribution in [0.15, 0.2) is 0 Å². The van der Waals surface area contributed by atoms with Gasteiger partial charge >= 0.3 is 5.97 Å². The molecular formula is C17H30O4. The molecule has 1 saturated carbocycles. The molecule has 1 aliphatic carbocycles. The Bertz CT molecular complexity index is 304. The predicted molar refractivity (Wildman–Crippen MR) is 81.2 cm³/mol. The van der Waals surface area contributed by atoms with E-state index in [2.05, 4.69) is 0 Å². The van der Waals surface area contributed by atoms with Crippen molar-refractivity contribution in [3.05, 3.63) is 0 Å². The number of hydrogen-bond donors (Lipinski definition) is 0. The lowest BCUT2D eigenvalue weighted by atomic mass is 10.0. The van der Waals surface area contributed by atoms with E-state index in [-0.39, 0.29) is 5.97 Å². The molecule has 0 aromatic carbocycles. The first-order valence-electron chi connectivity index (χ1n) is 8.57. The normalized spacial score (nSPS) is 26.3. The molecule has 2 aliphatic rings. The smallest absolute Gasteiger partial charge is 0.340 e. The fraction of sp³-hybridized carbons (Fsp3) is 0.941. The molecule has 0 N–H and O–H groups in total. The van der Waals surface area contributed by atoms with E-state index in [1.807, 2.05) is 0 Å². The summed E-state index contributed by atoms with van der Waals surface area (Å²) in [7, 11) is 1.42. The standard InChI is InChI=1S/C17H30O4/c1-19-16(18)17(14-21-17)11-7-4-8-12-20-13-15-9-5-2-3-6-10-15/h15H,2-14H2,1H3. The lowest BCUT2D eigenvalue weighted by Gasteiger charge is -2.14. The fourth-order valence-electron chi connectivity index (χ4n) is 3.21. The van der Waals surface area contributed by atoms with Gasteiger partial charge in [-0.25, -0.2) is 4.79 Å². The van der Waals surface area contributed by atoms with Crippen molar-refractivity contribution in [3.63, 3.8) is 0 Å². The molecule has 1 saturated heterocycles. The lowest BCUT2D eigenvalue weighted by Crippen LogP contribution is -2.25. The third-order valence-electron chi connectivity index (χ3n) is 4.75. The molecule has 0 aromatic rings. The number of carbonyl (C=O) groups is 1. The molecule has 0 spiro atoms. The number of epoxide rings is 1. The molecule has 1 aliphatic heterocycles. The second-order valence-electron chi connectivity index (χ2n) is 6.52. The van der Waals surface area contributed by atoms with E-state index in [1.165, 1.54) is 45.6 Å². The van der Waals surface area contributed by atoms with E-state index < -0.39 is 5.60 Å². The summed E-state index contributed by atoms with van der Waals surface area (Å²) in [5, 5.41) is 0. The Labute approximate surface area is 128 Å². The molecular weight excluding hydrogens is 268 g/mol. The Kier molecular flexibility index (Phi) is 6.97. The van der Waals surface area contributed by atoms with Crippen LogP contribution in [0.3, 0.4) is 0 Å². The highest BCUT2D eigenvalue weighted by Crippen LogP contribution is 2.34. The molecule has 0 bridgehead atoms. The first kappa shape index (κ1) is 16.8.